The van der Waals surface area contributed by atoms with Crippen LogP contribution in [0, 0.1) is 0 Å². The average Bonchev–Trinajstić information content (AvgIpc) is 2.66. The summed E-state index contributed by atoms with van der Waals surface area (Å²) in [4.78, 5) is 25.0. The lowest BCUT2D eigenvalue weighted by molar-refractivity contribution is -0.115. The van der Waals surface area contributed by atoms with Gasteiger partial charge in [0.15, 0.2) is 0 Å². The smallest absolute Gasteiger partial charge is 0.228 e. The van der Waals surface area contributed by atoms with Crippen molar-refractivity contribution in [2.75, 3.05) is 10.2 Å². The van der Waals surface area contributed by atoms with Crippen molar-refractivity contribution in [1.29, 1.82) is 0 Å². The van der Waals surface area contributed by atoms with Crippen LogP contribution in [0.1, 0.15) is 25.0 Å². The Morgan fingerprint density at radius 3 is 2.35 bits per heavy atom. The third kappa shape index (κ3) is 5.45. The van der Waals surface area contributed by atoms with Crippen molar-refractivity contribution in [1.82, 2.24) is 0 Å². The molecule has 0 aliphatic rings. The van der Waals surface area contributed by atoms with Crippen molar-refractivity contribution < 1.29 is 9.59 Å². The van der Waals surface area contributed by atoms with E-state index >= 15 is 0 Å². The van der Waals surface area contributed by atoms with Crippen LogP contribution in [0.25, 0.3) is 0 Å². The van der Waals surface area contributed by atoms with Gasteiger partial charge in [0.2, 0.25) is 12.3 Å². The van der Waals surface area contributed by atoms with Gasteiger partial charge in [-0.25, -0.2) is 0 Å². The lowest BCUT2D eigenvalue weighted by Gasteiger charge is -2.13. The molecule has 0 spiro atoms. The number of aryl methyl sites for hydroxylation is 1. The summed E-state index contributed by atoms with van der Waals surface area (Å²) in [5.41, 5.74) is 3.67. The molecule has 4 heteroatoms. The van der Waals surface area contributed by atoms with E-state index in [1.807, 2.05) is 43.3 Å². The van der Waals surface area contributed by atoms with Crippen molar-refractivity contribution in [2.45, 2.75) is 26.7 Å². The second kappa shape index (κ2) is 9.99. The van der Waals surface area contributed by atoms with E-state index in [1.165, 1.54) is 10.5 Å². The van der Waals surface area contributed by atoms with E-state index in [1.54, 1.807) is 36.5 Å². The summed E-state index contributed by atoms with van der Waals surface area (Å²) in [7, 11) is 0. The van der Waals surface area contributed by atoms with Crippen molar-refractivity contribution in [3.05, 3.63) is 84.1 Å². The highest BCUT2D eigenvalue weighted by molar-refractivity contribution is 5.92. The zero-order valence-corrected chi connectivity index (χ0v) is 15.2. The molecule has 134 valence electrons. The van der Waals surface area contributed by atoms with Crippen LogP contribution in [0.5, 0.6) is 0 Å². The number of nitrogens with one attached hydrogen (secondary N) is 1. The lowest BCUT2D eigenvalue weighted by Crippen LogP contribution is -2.16. The molecule has 0 heterocycles. The summed E-state index contributed by atoms with van der Waals surface area (Å²) >= 11 is 0. The van der Waals surface area contributed by atoms with Gasteiger partial charge in [-0.2, -0.15) is 0 Å². The van der Waals surface area contributed by atoms with Crippen LogP contribution in [0.3, 0.4) is 0 Å². The van der Waals surface area contributed by atoms with Gasteiger partial charge >= 0.3 is 0 Å². The second-order valence-corrected chi connectivity index (χ2v) is 5.77. The predicted molar refractivity (Wildman–Crippen MR) is 107 cm³/mol. The summed E-state index contributed by atoms with van der Waals surface area (Å²) in [6, 6.07) is 15.1. The molecule has 0 bridgehead atoms. The maximum Gasteiger partial charge on any atom is 0.228 e. The highest BCUT2D eigenvalue weighted by atomic mass is 16.1. The SMILES string of the molecule is C/C=C\C=C/N(C=O)c1ccc(NC(=O)Cc2ccccc2CC)cc1. The van der Waals surface area contributed by atoms with Gasteiger partial charge in [-0.1, -0.05) is 43.3 Å². The molecule has 2 aromatic carbocycles. The molecule has 2 amide bonds. The van der Waals surface area contributed by atoms with Crippen molar-refractivity contribution in [3.8, 4) is 0 Å². The molecule has 0 aliphatic carbocycles. The molecule has 1 N–H and O–H groups in total. The van der Waals surface area contributed by atoms with Gasteiger partial charge in [0.1, 0.15) is 0 Å². The largest absolute Gasteiger partial charge is 0.326 e. The van der Waals surface area contributed by atoms with Crippen molar-refractivity contribution >= 4 is 23.7 Å². The monoisotopic (exact) mass is 348 g/mol. The van der Waals surface area contributed by atoms with Gasteiger partial charge < -0.3 is 5.32 Å². The zero-order valence-electron chi connectivity index (χ0n) is 15.2. The van der Waals surface area contributed by atoms with Gasteiger partial charge in [0.05, 0.1) is 6.42 Å². The number of hydrogen-bond acceptors (Lipinski definition) is 2. The van der Waals surface area contributed by atoms with Gasteiger partial charge in [-0.05, 0) is 54.8 Å². The maximum absolute atomic E-state index is 12.3. The van der Waals surface area contributed by atoms with Gasteiger partial charge in [-0.15, -0.1) is 0 Å². The molecule has 26 heavy (non-hydrogen) atoms. The minimum absolute atomic E-state index is 0.0566. The van der Waals surface area contributed by atoms with Crippen LogP contribution in [0.2, 0.25) is 0 Å². The number of carbonyl (C=O) groups excluding carboxylic acids is 2. The highest BCUT2D eigenvalue weighted by Crippen LogP contribution is 2.18. The molecular formula is C22H24N2O2. The lowest BCUT2D eigenvalue weighted by atomic mass is 10.0. The number of amides is 2. The molecule has 2 aromatic rings. The van der Waals surface area contributed by atoms with Crippen LogP contribution in [0.4, 0.5) is 11.4 Å². The Bertz CT molecular complexity index is 792. The first-order valence-electron chi connectivity index (χ1n) is 8.67. The molecule has 2 rings (SSSR count). The molecule has 0 saturated heterocycles. The summed E-state index contributed by atoms with van der Waals surface area (Å²) in [6.07, 6.45) is 9.19. The van der Waals surface area contributed by atoms with E-state index in [0.717, 1.165) is 24.1 Å². The second-order valence-electron chi connectivity index (χ2n) is 5.77. The number of benzene rings is 2. The van der Waals surface area contributed by atoms with Crippen LogP contribution in [-0.4, -0.2) is 12.3 Å². The highest BCUT2D eigenvalue weighted by Gasteiger charge is 2.08. The molecule has 0 saturated carbocycles. The Labute approximate surface area is 154 Å². The van der Waals surface area contributed by atoms with Crippen LogP contribution in [0.15, 0.2) is 73.0 Å². The molecule has 4 nitrogen and oxygen atoms in total. The number of nitrogens with zero attached hydrogens (tertiary/aromatic N) is 1. The molecule has 0 aromatic heterocycles. The average molecular weight is 348 g/mol. The summed E-state index contributed by atoms with van der Waals surface area (Å²) in [5.74, 6) is -0.0566. The van der Waals surface area contributed by atoms with Gasteiger partial charge in [-0.3, -0.25) is 14.5 Å². The van der Waals surface area contributed by atoms with E-state index in [4.69, 9.17) is 0 Å². The van der Waals surface area contributed by atoms with E-state index < -0.39 is 0 Å². The number of hydrogen-bond donors (Lipinski definition) is 1. The first-order valence-corrected chi connectivity index (χ1v) is 8.67. The van der Waals surface area contributed by atoms with Crippen LogP contribution < -0.4 is 10.2 Å². The summed E-state index contributed by atoms with van der Waals surface area (Å²) < 4.78 is 0. The van der Waals surface area contributed by atoms with Crippen molar-refractivity contribution in [2.24, 2.45) is 0 Å². The number of rotatable bonds is 8. The topological polar surface area (TPSA) is 49.4 Å². The Morgan fingerprint density at radius 1 is 1.04 bits per heavy atom. The predicted octanol–water partition coefficient (Wildman–Crippen LogP) is 4.48. The van der Waals surface area contributed by atoms with E-state index in [9.17, 15) is 9.59 Å². The fraction of sp³-hybridized carbons (Fsp3) is 0.182. The fourth-order valence-electron chi connectivity index (χ4n) is 2.61. The molecule has 0 atom stereocenters. The standard InChI is InChI=1S/C22H24N2O2/c1-3-5-8-15-24(17-25)21-13-11-20(12-14-21)23-22(26)16-19-10-7-6-9-18(19)4-2/h3,5-15,17H,4,16H2,1-2H3,(H,23,26)/b5-3-,15-8-. The summed E-state index contributed by atoms with van der Waals surface area (Å²) in [6.45, 7) is 3.99. The minimum atomic E-state index is -0.0566. The quantitative estimate of drug-likeness (QED) is 0.565. The van der Waals surface area contributed by atoms with Crippen molar-refractivity contribution in [3.63, 3.8) is 0 Å². The Kier molecular flexibility index (Phi) is 7.37. The molecule has 0 unspecified atom stereocenters. The maximum atomic E-state index is 12.3. The first-order chi connectivity index (χ1) is 12.7. The first kappa shape index (κ1) is 19.2. The Balaban J connectivity index is 2.02. The van der Waals surface area contributed by atoms with Gasteiger partial charge in [0, 0.05) is 17.6 Å². The Morgan fingerprint density at radius 2 is 1.73 bits per heavy atom. The van der Waals surface area contributed by atoms with Crippen LogP contribution in [-0.2, 0) is 22.4 Å². The zero-order chi connectivity index (χ0) is 18.8. The van der Waals surface area contributed by atoms with Gasteiger partial charge in [0.25, 0.3) is 0 Å². The van der Waals surface area contributed by atoms with E-state index in [-0.39, 0.29) is 5.91 Å². The molecule has 0 fully saturated rings. The third-order valence-corrected chi connectivity index (χ3v) is 3.96. The van der Waals surface area contributed by atoms with E-state index in [0.29, 0.717) is 12.1 Å². The molecule has 0 aliphatic heterocycles. The van der Waals surface area contributed by atoms with E-state index in [2.05, 4.69) is 12.2 Å². The molecular weight excluding hydrogens is 324 g/mol. The fourth-order valence-corrected chi connectivity index (χ4v) is 2.61. The summed E-state index contributed by atoms with van der Waals surface area (Å²) in [5, 5.41) is 2.90. The normalized spacial score (nSPS) is 11.0. The number of carbonyl (C=O) groups is 2. The molecule has 0 radical (unpaired) electrons. The minimum Gasteiger partial charge on any atom is -0.326 e. The number of allylic oxidation sites excluding steroid dienone is 3. The number of anilines is 2. The van der Waals surface area contributed by atoms with Crippen LogP contribution >= 0.6 is 0 Å². The Hall–Kier alpha value is -3.14. The third-order valence-electron chi connectivity index (χ3n) is 3.96.